The summed E-state index contributed by atoms with van der Waals surface area (Å²) < 4.78 is 5.73. The Hall–Kier alpha value is -2.89. The van der Waals surface area contributed by atoms with Crippen molar-refractivity contribution in [2.75, 3.05) is 0 Å². The van der Waals surface area contributed by atoms with Gasteiger partial charge in [-0.05, 0) is 40.6 Å². The molecule has 24 heavy (non-hydrogen) atoms. The van der Waals surface area contributed by atoms with Crippen molar-refractivity contribution in [3.8, 4) is 18.2 Å². The summed E-state index contributed by atoms with van der Waals surface area (Å²) in [5.41, 5.74) is 1.15. The number of benzene rings is 2. The summed E-state index contributed by atoms with van der Waals surface area (Å²) in [5, 5.41) is 28.1. The van der Waals surface area contributed by atoms with Crippen LogP contribution in [0.25, 0.3) is 0 Å². The van der Waals surface area contributed by atoms with Crippen molar-refractivity contribution < 1.29 is 9.53 Å². The second kappa shape index (κ2) is 7.59. The molecule has 6 heteroatoms. The average molecular weight is 427 g/mol. The summed E-state index contributed by atoms with van der Waals surface area (Å²) in [6.45, 7) is 1.65. The molecule has 0 amide bonds. The third-order valence-corrected chi connectivity index (χ3v) is 4.77. The second-order valence-electron chi connectivity index (χ2n) is 4.84. The first-order chi connectivity index (χ1) is 11.5. The Morgan fingerprint density at radius 2 is 1.62 bits per heavy atom. The van der Waals surface area contributed by atoms with Crippen LogP contribution >= 0.6 is 22.6 Å². The van der Waals surface area contributed by atoms with Crippen molar-refractivity contribution >= 4 is 28.6 Å². The zero-order valence-corrected chi connectivity index (χ0v) is 14.8. The predicted molar refractivity (Wildman–Crippen MR) is 93.6 cm³/mol. The fraction of sp³-hybridized carbons (Fsp3) is 0.111. The molecule has 0 bridgehead atoms. The summed E-state index contributed by atoms with van der Waals surface area (Å²) >= 11 is 1.90. The maximum atomic E-state index is 12.5. The minimum atomic E-state index is -0.789. The fourth-order valence-electron chi connectivity index (χ4n) is 2.20. The van der Waals surface area contributed by atoms with Gasteiger partial charge in [-0.25, -0.2) is 4.79 Å². The summed E-state index contributed by atoms with van der Waals surface area (Å²) in [6, 6.07) is 14.8. The smallest absolute Gasteiger partial charge is 0.341 e. The molecule has 0 atom stereocenters. The Morgan fingerprint density at radius 1 is 1.04 bits per heavy atom. The van der Waals surface area contributed by atoms with E-state index >= 15 is 0 Å². The summed E-state index contributed by atoms with van der Waals surface area (Å²) in [4.78, 5) is 12.5. The highest BCUT2D eigenvalue weighted by molar-refractivity contribution is 14.1. The van der Waals surface area contributed by atoms with Gasteiger partial charge in [-0.1, -0.05) is 30.3 Å². The number of carbonyl (C=O) groups is 1. The molecule has 0 saturated carbocycles. The van der Waals surface area contributed by atoms with Gasteiger partial charge in [0.1, 0.15) is 24.8 Å². The number of halogens is 1. The molecule has 0 radical (unpaired) electrons. The summed E-state index contributed by atoms with van der Waals surface area (Å²) in [6.07, 6.45) is 0. The van der Waals surface area contributed by atoms with Crippen LogP contribution in [0.4, 0.5) is 0 Å². The van der Waals surface area contributed by atoms with E-state index in [-0.39, 0.29) is 28.9 Å². The van der Waals surface area contributed by atoms with Gasteiger partial charge in [0, 0.05) is 3.57 Å². The Morgan fingerprint density at radius 3 is 2.17 bits per heavy atom. The van der Waals surface area contributed by atoms with E-state index in [0.29, 0.717) is 9.13 Å². The average Bonchev–Trinajstić information content (AvgIpc) is 2.62. The third-order valence-electron chi connectivity index (χ3n) is 3.43. The van der Waals surface area contributed by atoms with E-state index in [1.54, 1.807) is 19.1 Å². The second-order valence-corrected chi connectivity index (χ2v) is 5.91. The van der Waals surface area contributed by atoms with Gasteiger partial charge >= 0.3 is 5.97 Å². The first kappa shape index (κ1) is 17.5. The minimum Gasteiger partial charge on any atom is -0.457 e. The monoisotopic (exact) mass is 427 g/mol. The van der Waals surface area contributed by atoms with Crippen molar-refractivity contribution in [3.63, 3.8) is 0 Å². The van der Waals surface area contributed by atoms with Gasteiger partial charge in [0.05, 0.1) is 22.3 Å². The third kappa shape index (κ3) is 3.22. The molecule has 2 aromatic carbocycles. The van der Waals surface area contributed by atoms with Crippen LogP contribution < -0.4 is 0 Å². The van der Waals surface area contributed by atoms with Crippen LogP contribution in [-0.2, 0) is 11.3 Å². The molecule has 0 saturated heterocycles. The number of hydrogen-bond acceptors (Lipinski definition) is 5. The van der Waals surface area contributed by atoms with Crippen molar-refractivity contribution in [2.45, 2.75) is 13.5 Å². The van der Waals surface area contributed by atoms with Crippen molar-refractivity contribution in [2.24, 2.45) is 0 Å². The Kier molecular flexibility index (Phi) is 5.52. The lowest BCUT2D eigenvalue weighted by Crippen LogP contribution is -2.13. The number of nitriles is 3. The van der Waals surface area contributed by atoms with Crippen LogP contribution in [-0.4, -0.2) is 5.97 Å². The van der Waals surface area contributed by atoms with Crippen molar-refractivity contribution in [3.05, 3.63) is 67.3 Å². The highest BCUT2D eigenvalue weighted by Gasteiger charge is 2.26. The molecule has 0 aromatic heterocycles. The van der Waals surface area contributed by atoms with E-state index in [4.69, 9.17) is 4.74 Å². The molecular weight excluding hydrogens is 417 g/mol. The van der Waals surface area contributed by atoms with E-state index in [1.807, 2.05) is 59.0 Å². The number of hydrogen-bond donors (Lipinski definition) is 0. The van der Waals surface area contributed by atoms with E-state index in [2.05, 4.69) is 0 Å². The van der Waals surface area contributed by atoms with Gasteiger partial charge in [0.2, 0.25) is 0 Å². The number of ether oxygens (including phenoxy) is 1. The summed E-state index contributed by atoms with van der Waals surface area (Å²) in [5.74, 6) is -0.789. The number of rotatable bonds is 3. The van der Waals surface area contributed by atoms with Crippen LogP contribution in [0.3, 0.4) is 0 Å². The van der Waals surface area contributed by atoms with Gasteiger partial charge in [0.15, 0.2) is 0 Å². The van der Waals surface area contributed by atoms with Crippen LogP contribution in [0.5, 0.6) is 0 Å². The molecule has 0 fully saturated rings. The standard InChI is InChI=1S/C18H10IN3O2/c1-11-13(7-20)16(14(8-21)15(9-22)17(11)19)18(23)24-10-12-5-3-2-4-6-12/h2-6H,10H2,1H3. The zero-order chi connectivity index (χ0) is 17.7. The van der Waals surface area contributed by atoms with Crippen LogP contribution in [0, 0.1) is 44.5 Å². The highest BCUT2D eigenvalue weighted by atomic mass is 127. The molecule has 2 rings (SSSR count). The first-order valence-corrected chi connectivity index (χ1v) is 7.90. The van der Waals surface area contributed by atoms with Gasteiger partial charge in [-0.2, -0.15) is 15.8 Å². The lowest BCUT2D eigenvalue weighted by atomic mass is 9.93. The Labute approximate surface area is 152 Å². The van der Waals surface area contributed by atoms with Gasteiger partial charge < -0.3 is 4.74 Å². The molecule has 0 unspecified atom stereocenters. The van der Waals surface area contributed by atoms with Crippen molar-refractivity contribution in [1.82, 2.24) is 0 Å². The zero-order valence-electron chi connectivity index (χ0n) is 12.6. The number of carbonyl (C=O) groups excluding carboxylic acids is 1. The number of esters is 1. The summed E-state index contributed by atoms with van der Waals surface area (Å²) in [7, 11) is 0. The minimum absolute atomic E-state index is 0.0162. The maximum absolute atomic E-state index is 12.5. The Bertz CT molecular complexity index is 932. The maximum Gasteiger partial charge on any atom is 0.341 e. The number of nitrogens with zero attached hydrogens (tertiary/aromatic N) is 3. The molecule has 2 aromatic rings. The van der Waals surface area contributed by atoms with E-state index in [9.17, 15) is 20.6 Å². The topological polar surface area (TPSA) is 97.7 Å². The lowest BCUT2D eigenvalue weighted by Gasteiger charge is -2.13. The van der Waals surface area contributed by atoms with Gasteiger partial charge in [-0.15, -0.1) is 0 Å². The Balaban J connectivity index is 2.51. The predicted octanol–water partition coefficient (Wildman–Crippen LogP) is 3.57. The van der Waals surface area contributed by atoms with Gasteiger partial charge in [-0.3, -0.25) is 0 Å². The largest absolute Gasteiger partial charge is 0.457 e. The van der Waals surface area contributed by atoms with E-state index in [0.717, 1.165) is 5.56 Å². The molecule has 0 heterocycles. The molecule has 116 valence electrons. The molecule has 0 spiro atoms. The van der Waals surface area contributed by atoms with E-state index in [1.165, 1.54) is 0 Å². The van der Waals surface area contributed by atoms with E-state index < -0.39 is 5.97 Å². The SMILES string of the molecule is Cc1c(I)c(C#N)c(C#N)c(C(=O)OCc2ccccc2)c1C#N. The molecule has 0 aliphatic rings. The van der Waals surface area contributed by atoms with Gasteiger partial charge in [0.25, 0.3) is 0 Å². The molecule has 0 aliphatic heterocycles. The highest BCUT2D eigenvalue weighted by Crippen LogP contribution is 2.29. The van der Waals surface area contributed by atoms with Crippen LogP contribution in [0.15, 0.2) is 30.3 Å². The van der Waals surface area contributed by atoms with Crippen molar-refractivity contribution in [1.29, 1.82) is 15.8 Å². The quantitative estimate of drug-likeness (QED) is 0.551. The van der Waals surface area contributed by atoms with Crippen LogP contribution in [0.1, 0.15) is 38.2 Å². The first-order valence-electron chi connectivity index (χ1n) is 6.82. The molecular formula is C18H10IN3O2. The van der Waals surface area contributed by atoms with Crippen LogP contribution in [0.2, 0.25) is 0 Å². The molecule has 0 N–H and O–H groups in total. The normalized spacial score (nSPS) is 9.46. The molecule has 0 aliphatic carbocycles. The fourth-order valence-corrected chi connectivity index (χ4v) is 2.86. The molecule has 5 nitrogen and oxygen atoms in total. The lowest BCUT2D eigenvalue weighted by molar-refractivity contribution is 0.0472.